The van der Waals surface area contributed by atoms with Crippen molar-refractivity contribution in [1.82, 2.24) is 24.5 Å². The number of anilines is 2. The second-order valence-electron chi connectivity index (χ2n) is 14.3. The first-order valence-electron chi connectivity index (χ1n) is 15.8. The van der Waals surface area contributed by atoms with Crippen LogP contribution >= 0.6 is 23.2 Å². The fourth-order valence-electron chi connectivity index (χ4n) is 8.23. The van der Waals surface area contributed by atoms with Crippen molar-refractivity contribution >= 4 is 52.7 Å². The fraction of sp³-hybridized carbons (Fsp3) is 0.576. The molecule has 3 saturated heterocycles. The molecular weight excluding hydrogens is 611 g/mol. The number of nitrogens with zero attached hydrogens (tertiary/aromatic N) is 6. The molecule has 0 radical (unpaired) electrons. The van der Waals surface area contributed by atoms with Gasteiger partial charge in [-0.1, -0.05) is 29.8 Å². The van der Waals surface area contributed by atoms with Crippen molar-refractivity contribution in [2.45, 2.75) is 58.0 Å². The normalized spacial score (nSPS) is 23.2. The largest absolute Gasteiger partial charge is 0.398 e. The molecular formula is C33H44Cl2N8O2. The highest BCUT2D eigenvalue weighted by molar-refractivity contribution is 6.44. The molecule has 3 aliphatic heterocycles. The van der Waals surface area contributed by atoms with Crippen LogP contribution in [-0.2, 0) is 9.59 Å². The molecule has 1 unspecified atom stereocenters. The van der Waals surface area contributed by atoms with Gasteiger partial charge in [-0.3, -0.25) is 19.2 Å². The molecule has 242 valence electrons. The van der Waals surface area contributed by atoms with Crippen LogP contribution < -0.4 is 10.6 Å². The number of aromatic nitrogens is 2. The molecule has 1 spiro atoms. The van der Waals surface area contributed by atoms with Crippen molar-refractivity contribution in [2.24, 2.45) is 11.3 Å². The van der Waals surface area contributed by atoms with Gasteiger partial charge in [-0.2, -0.15) is 5.10 Å². The number of hydrogen-bond donors (Lipinski definition) is 2. The SMILES string of the molecule is C=CC(=O)N1CC2(CC(n3nc(N4CCC(CN5CCN(C)C(=O)C5)CC4(C)C)c(-c4c(Cl)c(Cl)cc(N)c4C=N)c3C)C2)C1. The highest BCUT2D eigenvalue weighted by Gasteiger charge is 2.54. The predicted octanol–water partition coefficient (Wildman–Crippen LogP) is 4.86. The van der Waals surface area contributed by atoms with E-state index in [-0.39, 0.29) is 28.8 Å². The molecule has 1 aromatic carbocycles. The standard InChI is InChI=1S/C33H44Cl2N8O2/c1-6-26(44)41-18-33(19-41)13-22(14-33)43-20(2)28(29-23(15-36)25(37)11-24(34)30(29)35)31(38-43)42-8-7-21(12-32(42,3)4)16-40-10-9-39(5)27(45)17-40/h6,11,15,21-22,36H,1,7-10,12-14,16-19,37H2,2-5H3. The van der Waals surface area contributed by atoms with Crippen LogP contribution in [0, 0.1) is 23.7 Å². The van der Waals surface area contributed by atoms with E-state index in [0.29, 0.717) is 39.3 Å². The van der Waals surface area contributed by atoms with E-state index in [4.69, 9.17) is 39.4 Å². The molecule has 4 fully saturated rings. The van der Waals surface area contributed by atoms with Gasteiger partial charge in [-0.05, 0) is 64.5 Å². The van der Waals surface area contributed by atoms with Gasteiger partial charge in [0.1, 0.15) is 0 Å². The molecule has 1 aromatic heterocycles. The highest BCUT2D eigenvalue weighted by Crippen LogP contribution is 2.56. The van der Waals surface area contributed by atoms with E-state index >= 15 is 0 Å². The van der Waals surface area contributed by atoms with Crippen molar-refractivity contribution in [2.75, 3.05) is 63.5 Å². The number of carbonyl (C=O) groups is 2. The third-order valence-electron chi connectivity index (χ3n) is 10.6. The van der Waals surface area contributed by atoms with Crippen LogP contribution in [0.15, 0.2) is 18.7 Å². The summed E-state index contributed by atoms with van der Waals surface area (Å²) in [5.74, 6) is 1.45. The minimum absolute atomic E-state index is 0.0128. The Balaban J connectivity index is 1.33. The van der Waals surface area contributed by atoms with E-state index in [0.717, 1.165) is 82.0 Å². The lowest BCUT2D eigenvalue weighted by Gasteiger charge is -2.58. The number of halogens is 2. The van der Waals surface area contributed by atoms with Crippen molar-refractivity contribution in [1.29, 1.82) is 5.41 Å². The van der Waals surface area contributed by atoms with E-state index in [2.05, 4.69) is 41.8 Å². The summed E-state index contributed by atoms with van der Waals surface area (Å²) in [7, 11) is 1.87. The van der Waals surface area contributed by atoms with E-state index in [1.54, 1.807) is 6.07 Å². The third-order valence-corrected chi connectivity index (χ3v) is 11.4. The van der Waals surface area contributed by atoms with Crippen LogP contribution in [-0.4, -0.2) is 101 Å². The van der Waals surface area contributed by atoms with Crippen molar-refractivity contribution in [3.05, 3.63) is 40.0 Å². The number of rotatable bonds is 7. The van der Waals surface area contributed by atoms with Crippen LogP contribution in [0.3, 0.4) is 0 Å². The summed E-state index contributed by atoms with van der Waals surface area (Å²) in [5.41, 5.74) is 9.70. The average molecular weight is 656 g/mol. The molecule has 0 bridgehead atoms. The Morgan fingerprint density at radius 2 is 1.89 bits per heavy atom. The number of likely N-dealkylation sites (tertiary alicyclic amines) is 1. The number of piperazine rings is 1. The Morgan fingerprint density at radius 1 is 1.18 bits per heavy atom. The third kappa shape index (κ3) is 5.52. The number of nitrogen functional groups attached to an aromatic ring is 1. The Labute approximate surface area is 275 Å². The summed E-state index contributed by atoms with van der Waals surface area (Å²) >= 11 is 13.5. The predicted molar refractivity (Wildman–Crippen MR) is 180 cm³/mol. The first-order valence-corrected chi connectivity index (χ1v) is 16.6. The fourth-order valence-corrected chi connectivity index (χ4v) is 8.69. The summed E-state index contributed by atoms with van der Waals surface area (Å²) in [6.45, 7) is 15.6. The monoisotopic (exact) mass is 654 g/mol. The molecule has 1 saturated carbocycles. The minimum Gasteiger partial charge on any atom is -0.398 e. The van der Waals surface area contributed by atoms with Gasteiger partial charge in [-0.15, -0.1) is 0 Å². The van der Waals surface area contributed by atoms with Crippen LogP contribution in [0.4, 0.5) is 11.5 Å². The molecule has 4 aliphatic rings. The first-order chi connectivity index (χ1) is 21.3. The second-order valence-corrected chi connectivity index (χ2v) is 15.0. The molecule has 3 N–H and O–H groups in total. The van der Waals surface area contributed by atoms with Crippen LogP contribution in [0.25, 0.3) is 11.1 Å². The highest BCUT2D eigenvalue weighted by atomic mass is 35.5. The van der Waals surface area contributed by atoms with Gasteiger partial charge in [0.15, 0.2) is 5.82 Å². The number of benzene rings is 1. The quantitative estimate of drug-likeness (QED) is 0.250. The molecule has 4 heterocycles. The molecule has 1 aliphatic carbocycles. The maximum Gasteiger partial charge on any atom is 0.245 e. The minimum atomic E-state index is -0.234. The van der Waals surface area contributed by atoms with Gasteiger partial charge in [-0.25, -0.2) is 0 Å². The van der Waals surface area contributed by atoms with Gasteiger partial charge < -0.3 is 25.8 Å². The Kier molecular flexibility index (Phi) is 8.23. The lowest BCUT2D eigenvalue weighted by atomic mass is 9.60. The van der Waals surface area contributed by atoms with Gasteiger partial charge in [0.2, 0.25) is 11.8 Å². The maximum atomic E-state index is 12.4. The number of nitrogens with one attached hydrogen (secondary N) is 1. The summed E-state index contributed by atoms with van der Waals surface area (Å²) in [5, 5.41) is 14.3. The lowest BCUT2D eigenvalue weighted by molar-refractivity contribution is -0.149. The van der Waals surface area contributed by atoms with E-state index < -0.39 is 0 Å². The van der Waals surface area contributed by atoms with Crippen molar-refractivity contribution < 1.29 is 9.59 Å². The van der Waals surface area contributed by atoms with Crippen LogP contribution in [0.1, 0.15) is 56.8 Å². The Morgan fingerprint density at radius 3 is 2.51 bits per heavy atom. The molecule has 12 heteroatoms. The molecule has 10 nitrogen and oxygen atoms in total. The zero-order valence-corrected chi connectivity index (χ0v) is 28.2. The van der Waals surface area contributed by atoms with Gasteiger partial charge in [0.05, 0.1) is 22.6 Å². The number of piperidine rings is 1. The number of amides is 2. The summed E-state index contributed by atoms with van der Waals surface area (Å²) in [4.78, 5) is 32.8. The number of carbonyl (C=O) groups excluding carboxylic acids is 2. The molecule has 6 rings (SSSR count). The summed E-state index contributed by atoms with van der Waals surface area (Å²) in [6, 6.07) is 1.79. The van der Waals surface area contributed by atoms with Gasteiger partial charge in [0, 0.05) is 91.6 Å². The smallest absolute Gasteiger partial charge is 0.245 e. The summed E-state index contributed by atoms with van der Waals surface area (Å²) < 4.78 is 2.13. The van der Waals surface area contributed by atoms with Crippen LogP contribution in [0.2, 0.25) is 10.0 Å². The topological polar surface area (TPSA) is 115 Å². The lowest BCUT2D eigenvalue weighted by Crippen LogP contribution is -2.63. The molecule has 1 atom stereocenters. The molecule has 2 amide bonds. The average Bonchev–Trinajstić information content (AvgIpc) is 3.26. The van der Waals surface area contributed by atoms with Crippen molar-refractivity contribution in [3.8, 4) is 11.1 Å². The molecule has 2 aromatic rings. The Hall–Kier alpha value is -3.08. The van der Waals surface area contributed by atoms with Crippen LogP contribution in [0.5, 0.6) is 0 Å². The van der Waals surface area contributed by atoms with E-state index in [1.165, 1.54) is 12.3 Å². The first kappa shape index (κ1) is 31.9. The maximum absolute atomic E-state index is 12.4. The van der Waals surface area contributed by atoms with Gasteiger partial charge >= 0.3 is 0 Å². The number of likely N-dealkylation sites (N-methyl/N-ethyl adjacent to an activating group) is 1. The van der Waals surface area contributed by atoms with E-state index in [1.807, 2.05) is 16.8 Å². The number of hydrogen-bond acceptors (Lipinski definition) is 7. The second kappa shape index (κ2) is 11.6. The van der Waals surface area contributed by atoms with Crippen molar-refractivity contribution in [3.63, 3.8) is 0 Å². The zero-order chi connectivity index (χ0) is 32.4. The van der Waals surface area contributed by atoms with Gasteiger partial charge in [0.25, 0.3) is 0 Å². The van der Waals surface area contributed by atoms with E-state index in [9.17, 15) is 9.59 Å². The molecule has 45 heavy (non-hydrogen) atoms. The summed E-state index contributed by atoms with van der Waals surface area (Å²) in [6.07, 6.45) is 6.43. The number of nitrogens with two attached hydrogens (primary N) is 1. The zero-order valence-electron chi connectivity index (χ0n) is 26.7. The Bertz CT molecular complexity index is 1550.